The van der Waals surface area contributed by atoms with Crippen LogP contribution in [0.4, 0.5) is 0 Å². The largest absolute Gasteiger partial charge is 0.448 e. The Balaban J connectivity index is 1.46. The van der Waals surface area contributed by atoms with E-state index in [0.29, 0.717) is 47.2 Å². The number of aryl methyl sites for hydroxylation is 2. The molecule has 1 aromatic heterocycles. The van der Waals surface area contributed by atoms with Crippen molar-refractivity contribution >= 4 is 5.91 Å². The van der Waals surface area contributed by atoms with Gasteiger partial charge in [-0.2, -0.15) is 0 Å². The highest BCUT2D eigenvalue weighted by Gasteiger charge is 2.48. The first kappa shape index (κ1) is 25.4. The molecular formula is C30H37N3O4. The van der Waals surface area contributed by atoms with Crippen molar-refractivity contribution < 1.29 is 14.3 Å². The maximum Gasteiger partial charge on any atom is 0.254 e. The number of amides is 1. The molecule has 1 fully saturated rings. The molecule has 2 aliphatic heterocycles. The lowest BCUT2D eigenvalue weighted by Crippen LogP contribution is -2.46. The van der Waals surface area contributed by atoms with Gasteiger partial charge >= 0.3 is 0 Å². The summed E-state index contributed by atoms with van der Waals surface area (Å²) in [6, 6.07) is 2.51. The third-order valence-electron chi connectivity index (χ3n) is 8.65. The Bertz CT molecular complexity index is 1360. The van der Waals surface area contributed by atoms with Crippen LogP contribution in [0.5, 0.6) is 11.5 Å². The highest BCUT2D eigenvalue weighted by molar-refractivity contribution is 6.00. The van der Waals surface area contributed by atoms with E-state index in [1.54, 1.807) is 4.90 Å². The number of nitrogens with zero attached hydrogens (tertiary/aromatic N) is 2. The molecule has 1 amide bonds. The maximum atomic E-state index is 13.8. The van der Waals surface area contributed by atoms with Gasteiger partial charge in [0.2, 0.25) is 0 Å². The zero-order valence-corrected chi connectivity index (χ0v) is 22.8. The minimum absolute atomic E-state index is 0.124. The molecule has 5 rings (SSSR count). The highest BCUT2D eigenvalue weighted by Crippen LogP contribution is 2.52. The van der Waals surface area contributed by atoms with Gasteiger partial charge in [0.05, 0.1) is 17.7 Å². The number of carbonyl (C=O) groups is 1. The molecule has 3 heterocycles. The molecule has 0 saturated heterocycles. The van der Waals surface area contributed by atoms with Crippen LogP contribution in [0.1, 0.15) is 76.5 Å². The Kier molecular flexibility index (Phi) is 6.35. The van der Waals surface area contributed by atoms with Crippen molar-refractivity contribution in [2.75, 3.05) is 20.6 Å². The number of benzene rings is 1. The average Bonchev–Trinajstić information content (AvgIpc) is 3.21. The first-order chi connectivity index (χ1) is 17.5. The molecule has 1 aliphatic carbocycles. The van der Waals surface area contributed by atoms with Gasteiger partial charge in [-0.1, -0.05) is 5.92 Å². The number of pyridine rings is 1. The van der Waals surface area contributed by atoms with Crippen molar-refractivity contribution in [1.29, 1.82) is 0 Å². The van der Waals surface area contributed by atoms with Gasteiger partial charge in [0.25, 0.3) is 17.3 Å². The second kappa shape index (κ2) is 9.25. The number of ether oxygens (including phenoxy) is 2. The molecule has 0 spiro atoms. The number of terminal acetylenes is 1. The SMILES string of the molecule is C#Cc1c2c(c(C)c3c1OC(C)(C1CCC(N(C)C)CC1)O3)C(=O)N(Cc1c(C)cc(C)[nH]c1=O)CC2. The summed E-state index contributed by atoms with van der Waals surface area (Å²) in [5.74, 6) is 3.31. The van der Waals surface area contributed by atoms with E-state index in [1.165, 1.54) is 0 Å². The molecule has 1 N–H and O–H groups in total. The summed E-state index contributed by atoms with van der Waals surface area (Å²) in [6.07, 6.45) is 10.8. The van der Waals surface area contributed by atoms with E-state index in [2.05, 4.69) is 29.9 Å². The number of hydrogen-bond donors (Lipinski definition) is 1. The molecule has 3 aliphatic rings. The van der Waals surface area contributed by atoms with Crippen molar-refractivity contribution in [2.24, 2.45) is 5.92 Å². The Hall–Kier alpha value is -3.24. The van der Waals surface area contributed by atoms with Gasteiger partial charge in [-0.15, -0.1) is 6.42 Å². The number of nitrogens with one attached hydrogen (secondary N) is 1. The van der Waals surface area contributed by atoms with Crippen molar-refractivity contribution in [3.8, 4) is 23.8 Å². The lowest BCUT2D eigenvalue weighted by atomic mass is 9.81. The van der Waals surface area contributed by atoms with Crippen LogP contribution in [0.25, 0.3) is 0 Å². The minimum atomic E-state index is -0.811. The van der Waals surface area contributed by atoms with Gasteiger partial charge in [-0.05, 0) is 84.2 Å². The number of H-pyrrole nitrogens is 1. The van der Waals surface area contributed by atoms with Crippen LogP contribution in [0.3, 0.4) is 0 Å². The van der Waals surface area contributed by atoms with Crippen LogP contribution in [-0.4, -0.2) is 53.2 Å². The fraction of sp³-hybridized carbons (Fsp3) is 0.533. The van der Waals surface area contributed by atoms with Gasteiger partial charge in [0, 0.05) is 42.2 Å². The average molecular weight is 504 g/mol. The standard InChI is InChI=1S/C30H37N3O4/c1-8-22-23-13-14-33(16-24-17(2)15-18(3)31-28(24)34)29(35)25(23)19(4)26-27(22)37-30(5,36-26)20-9-11-21(12-10-20)32(6)7/h1,15,20-21H,9-14,16H2,2-7H3,(H,31,34). The summed E-state index contributed by atoms with van der Waals surface area (Å²) >= 11 is 0. The molecule has 196 valence electrons. The van der Waals surface area contributed by atoms with Crippen molar-refractivity contribution in [1.82, 2.24) is 14.8 Å². The fourth-order valence-electron chi connectivity index (χ4n) is 6.43. The summed E-state index contributed by atoms with van der Waals surface area (Å²) < 4.78 is 13.1. The van der Waals surface area contributed by atoms with E-state index in [1.807, 2.05) is 33.8 Å². The number of carbonyl (C=O) groups excluding carboxylic acids is 1. The second-order valence-electron chi connectivity index (χ2n) is 11.3. The monoisotopic (exact) mass is 503 g/mol. The Labute approximate surface area is 219 Å². The third-order valence-corrected chi connectivity index (χ3v) is 8.65. The molecular weight excluding hydrogens is 466 g/mol. The summed E-state index contributed by atoms with van der Waals surface area (Å²) in [5, 5.41) is 0. The number of rotatable bonds is 4. The first-order valence-corrected chi connectivity index (χ1v) is 13.2. The fourth-order valence-corrected chi connectivity index (χ4v) is 6.43. The summed E-state index contributed by atoms with van der Waals surface area (Å²) in [5.41, 5.74) is 4.97. The molecule has 1 unspecified atom stereocenters. The number of aromatic amines is 1. The van der Waals surface area contributed by atoms with Crippen molar-refractivity contribution in [3.05, 3.63) is 55.5 Å². The predicted octanol–water partition coefficient (Wildman–Crippen LogP) is 4.09. The minimum Gasteiger partial charge on any atom is -0.448 e. The topological polar surface area (TPSA) is 74.9 Å². The van der Waals surface area contributed by atoms with Crippen LogP contribution < -0.4 is 15.0 Å². The number of fused-ring (bicyclic) bond motifs is 2. The van der Waals surface area contributed by atoms with E-state index in [0.717, 1.165) is 48.1 Å². The second-order valence-corrected chi connectivity index (χ2v) is 11.3. The highest BCUT2D eigenvalue weighted by atomic mass is 16.7. The lowest BCUT2D eigenvalue weighted by molar-refractivity contribution is -0.123. The first-order valence-electron chi connectivity index (χ1n) is 13.2. The molecule has 37 heavy (non-hydrogen) atoms. The molecule has 7 heteroatoms. The van der Waals surface area contributed by atoms with Gasteiger partial charge in [0.15, 0.2) is 11.5 Å². The zero-order valence-electron chi connectivity index (χ0n) is 22.8. The Morgan fingerprint density at radius 1 is 1.14 bits per heavy atom. The van der Waals surface area contributed by atoms with Crippen LogP contribution in [0, 0.1) is 39.0 Å². The predicted molar refractivity (Wildman–Crippen MR) is 143 cm³/mol. The normalized spacial score (nSPS) is 24.8. The molecule has 1 atom stereocenters. The Morgan fingerprint density at radius 2 is 1.81 bits per heavy atom. The summed E-state index contributed by atoms with van der Waals surface area (Å²) in [6.45, 7) is 8.43. The summed E-state index contributed by atoms with van der Waals surface area (Å²) in [4.78, 5) is 33.3. The van der Waals surface area contributed by atoms with Crippen LogP contribution in [0.2, 0.25) is 0 Å². The number of aromatic nitrogens is 1. The van der Waals surface area contributed by atoms with Crippen LogP contribution >= 0.6 is 0 Å². The maximum absolute atomic E-state index is 13.8. The van der Waals surface area contributed by atoms with Gasteiger partial charge < -0.3 is 24.3 Å². The molecule has 0 bridgehead atoms. The van der Waals surface area contributed by atoms with Crippen molar-refractivity contribution in [2.45, 2.75) is 78.2 Å². The molecule has 1 saturated carbocycles. The van der Waals surface area contributed by atoms with Crippen LogP contribution in [-0.2, 0) is 13.0 Å². The van der Waals surface area contributed by atoms with E-state index in [-0.39, 0.29) is 23.9 Å². The molecule has 0 radical (unpaired) electrons. The smallest absolute Gasteiger partial charge is 0.254 e. The Morgan fingerprint density at radius 3 is 2.43 bits per heavy atom. The summed E-state index contributed by atoms with van der Waals surface area (Å²) in [7, 11) is 4.27. The third kappa shape index (κ3) is 4.21. The lowest BCUT2D eigenvalue weighted by Gasteiger charge is -2.39. The van der Waals surface area contributed by atoms with Crippen LogP contribution in [0.15, 0.2) is 10.9 Å². The van der Waals surface area contributed by atoms with Gasteiger partial charge in [-0.3, -0.25) is 9.59 Å². The molecule has 2 aromatic rings. The van der Waals surface area contributed by atoms with E-state index < -0.39 is 5.79 Å². The molecule has 1 aromatic carbocycles. The van der Waals surface area contributed by atoms with E-state index >= 15 is 0 Å². The molecule has 7 nitrogen and oxygen atoms in total. The number of hydrogen-bond acceptors (Lipinski definition) is 5. The zero-order chi connectivity index (χ0) is 26.6. The van der Waals surface area contributed by atoms with Gasteiger partial charge in [-0.25, -0.2) is 0 Å². The van der Waals surface area contributed by atoms with E-state index in [4.69, 9.17) is 15.9 Å². The quantitative estimate of drug-likeness (QED) is 0.637. The van der Waals surface area contributed by atoms with Gasteiger partial charge in [0.1, 0.15) is 0 Å². The van der Waals surface area contributed by atoms with Crippen molar-refractivity contribution in [3.63, 3.8) is 0 Å². The van der Waals surface area contributed by atoms with E-state index in [9.17, 15) is 9.59 Å².